The highest BCUT2D eigenvalue weighted by Gasteiger charge is 2.12. The zero-order valence-corrected chi connectivity index (χ0v) is 15.1. The number of esters is 2. The second-order valence-electron chi connectivity index (χ2n) is 6.16. The number of benzene rings is 3. The number of rotatable bonds is 6. The van der Waals surface area contributed by atoms with E-state index >= 15 is 0 Å². The van der Waals surface area contributed by atoms with E-state index in [0.717, 1.165) is 16.7 Å². The number of hydrogen-bond donors (Lipinski definition) is 0. The molecule has 0 heterocycles. The molecular formula is C23H20O4. The van der Waals surface area contributed by atoms with E-state index in [2.05, 4.69) is 0 Å². The Bertz CT molecular complexity index is 918. The molecule has 3 rings (SSSR count). The van der Waals surface area contributed by atoms with E-state index in [4.69, 9.17) is 9.47 Å². The molecule has 0 fully saturated rings. The van der Waals surface area contributed by atoms with Crippen LogP contribution in [0.15, 0.2) is 78.9 Å². The van der Waals surface area contributed by atoms with Crippen LogP contribution in [0.2, 0.25) is 0 Å². The Kier molecular flexibility index (Phi) is 6.00. The normalized spacial score (nSPS) is 10.3. The fourth-order valence-electron chi connectivity index (χ4n) is 2.63. The van der Waals surface area contributed by atoms with E-state index in [-0.39, 0.29) is 25.2 Å². The van der Waals surface area contributed by atoms with Crippen LogP contribution in [0.3, 0.4) is 0 Å². The largest absolute Gasteiger partial charge is 0.457 e. The molecule has 0 aromatic heterocycles. The Labute approximate surface area is 158 Å². The van der Waals surface area contributed by atoms with Gasteiger partial charge in [0.05, 0.1) is 11.1 Å². The predicted octanol–water partition coefficient (Wildman–Crippen LogP) is 4.71. The molecule has 27 heavy (non-hydrogen) atoms. The molecule has 0 saturated heterocycles. The lowest BCUT2D eigenvalue weighted by atomic mass is 10.1. The molecule has 0 unspecified atom stereocenters. The molecule has 0 amide bonds. The smallest absolute Gasteiger partial charge is 0.338 e. The highest BCUT2D eigenvalue weighted by atomic mass is 16.5. The molecule has 0 aliphatic rings. The molecule has 0 saturated carbocycles. The maximum absolute atomic E-state index is 12.2. The van der Waals surface area contributed by atoms with Gasteiger partial charge >= 0.3 is 11.9 Å². The number of aryl methyl sites for hydroxylation is 1. The van der Waals surface area contributed by atoms with Crippen LogP contribution < -0.4 is 0 Å². The standard InChI is InChI=1S/C23H20O4/c1-17-12-13-20(15-26-22(24)18-8-4-2-5-9-18)21(14-17)16-27-23(25)19-10-6-3-7-11-19/h2-14H,15-16H2,1H3. The van der Waals surface area contributed by atoms with Crippen LogP contribution in [0.5, 0.6) is 0 Å². The second-order valence-corrected chi connectivity index (χ2v) is 6.16. The summed E-state index contributed by atoms with van der Waals surface area (Å²) in [6.07, 6.45) is 0. The van der Waals surface area contributed by atoms with Crippen LogP contribution in [-0.2, 0) is 22.7 Å². The van der Waals surface area contributed by atoms with Gasteiger partial charge in [-0.2, -0.15) is 0 Å². The fourth-order valence-corrected chi connectivity index (χ4v) is 2.63. The summed E-state index contributed by atoms with van der Waals surface area (Å²) in [6.45, 7) is 2.20. The maximum Gasteiger partial charge on any atom is 0.338 e. The minimum Gasteiger partial charge on any atom is -0.457 e. The summed E-state index contributed by atoms with van der Waals surface area (Å²) in [5, 5.41) is 0. The van der Waals surface area contributed by atoms with Crippen molar-refractivity contribution >= 4 is 11.9 Å². The Balaban J connectivity index is 1.66. The maximum atomic E-state index is 12.2. The molecule has 0 radical (unpaired) electrons. The van der Waals surface area contributed by atoms with E-state index in [1.165, 1.54) is 0 Å². The Morgan fingerprint density at radius 1 is 0.667 bits per heavy atom. The molecule has 4 nitrogen and oxygen atoms in total. The molecule has 3 aromatic carbocycles. The number of carbonyl (C=O) groups excluding carboxylic acids is 2. The SMILES string of the molecule is Cc1ccc(COC(=O)c2ccccc2)c(COC(=O)c2ccccc2)c1. The van der Waals surface area contributed by atoms with Crippen molar-refractivity contribution in [2.24, 2.45) is 0 Å². The number of hydrogen-bond acceptors (Lipinski definition) is 4. The quantitative estimate of drug-likeness (QED) is 0.598. The summed E-state index contributed by atoms with van der Waals surface area (Å²) in [5.74, 6) is -0.771. The molecule has 0 spiro atoms. The molecule has 136 valence electrons. The van der Waals surface area contributed by atoms with Gasteiger partial charge in [-0.25, -0.2) is 9.59 Å². The summed E-state index contributed by atoms with van der Waals surface area (Å²) < 4.78 is 10.8. The fraction of sp³-hybridized carbons (Fsp3) is 0.130. The molecule has 0 bridgehead atoms. The average Bonchev–Trinajstić information content (AvgIpc) is 2.72. The van der Waals surface area contributed by atoms with Gasteiger partial charge in [-0.1, -0.05) is 60.2 Å². The monoisotopic (exact) mass is 360 g/mol. The minimum atomic E-state index is -0.386. The van der Waals surface area contributed by atoms with Crippen molar-refractivity contribution in [3.05, 3.63) is 107 Å². The molecule has 0 aliphatic carbocycles. The van der Waals surface area contributed by atoms with Gasteiger partial charge in [0.1, 0.15) is 13.2 Å². The first kappa shape index (κ1) is 18.4. The third-order valence-corrected chi connectivity index (χ3v) is 4.10. The van der Waals surface area contributed by atoms with Gasteiger partial charge in [-0.05, 0) is 42.3 Å². The molecule has 0 N–H and O–H groups in total. The lowest BCUT2D eigenvalue weighted by Crippen LogP contribution is -2.09. The third-order valence-electron chi connectivity index (χ3n) is 4.10. The van der Waals surface area contributed by atoms with Crippen molar-refractivity contribution < 1.29 is 19.1 Å². The summed E-state index contributed by atoms with van der Waals surface area (Å²) in [4.78, 5) is 24.3. The van der Waals surface area contributed by atoms with Gasteiger partial charge in [0.15, 0.2) is 0 Å². The zero-order chi connectivity index (χ0) is 19.1. The van der Waals surface area contributed by atoms with E-state index in [9.17, 15) is 9.59 Å². The van der Waals surface area contributed by atoms with Gasteiger partial charge in [0.25, 0.3) is 0 Å². The second kappa shape index (κ2) is 8.81. The van der Waals surface area contributed by atoms with Crippen molar-refractivity contribution in [2.45, 2.75) is 20.1 Å². The summed E-state index contributed by atoms with van der Waals surface area (Å²) in [5.41, 5.74) is 3.67. The Morgan fingerprint density at radius 3 is 1.67 bits per heavy atom. The average molecular weight is 360 g/mol. The number of ether oxygens (including phenoxy) is 2. The van der Waals surface area contributed by atoms with E-state index < -0.39 is 0 Å². The highest BCUT2D eigenvalue weighted by Crippen LogP contribution is 2.16. The van der Waals surface area contributed by atoms with Crippen LogP contribution in [0.4, 0.5) is 0 Å². The van der Waals surface area contributed by atoms with Crippen LogP contribution in [0.25, 0.3) is 0 Å². The first-order valence-corrected chi connectivity index (χ1v) is 8.66. The van der Waals surface area contributed by atoms with E-state index in [1.807, 2.05) is 37.3 Å². The van der Waals surface area contributed by atoms with Gasteiger partial charge in [-0.3, -0.25) is 0 Å². The summed E-state index contributed by atoms with van der Waals surface area (Å²) in [6, 6.07) is 23.4. The summed E-state index contributed by atoms with van der Waals surface area (Å²) >= 11 is 0. The van der Waals surface area contributed by atoms with E-state index in [1.54, 1.807) is 48.5 Å². The van der Waals surface area contributed by atoms with Crippen LogP contribution >= 0.6 is 0 Å². The molecule has 3 aromatic rings. The van der Waals surface area contributed by atoms with Gasteiger partial charge < -0.3 is 9.47 Å². The van der Waals surface area contributed by atoms with Crippen molar-refractivity contribution in [1.82, 2.24) is 0 Å². The van der Waals surface area contributed by atoms with Crippen molar-refractivity contribution in [2.75, 3.05) is 0 Å². The van der Waals surface area contributed by atoms with Gasteiger partial charge in [0, 0.05) is 0 Å². The van der Waals surface area contributed by atoms with Gasteiger partial charge in [-0.15, -0.1) is 0 Å². The van der Waals surface area contributed by atoms with Gasteiger partial charge in [0.2, 0.25) is 0 Å². The Hall–Kier alpha value is -3.40. The van der Waals surface area contributed by atoms with Crippen molar-refractivity contribution in [3.63, 3.8) is 0 Å². The molecular weight excluding hydrogens is 340 g/mol. The van der Waals surface area contributed by atoms with Crippen LogP contribution in [0.1, 0.15) is 37.4 Å². The minimum absolute atomic E-state index is 0.117. The highest BCUT2D eigenvalue weighted by molar-refractivity contribution is 5.89. The topological polar surface area (TPSA) is 52.6 Å². The zero-order valence-electron chi connectivity index (χ0n) is 15.1. The number of carbonyl (C=O) groups is 2. The van der Waals surface area contributed by atoms with Crippen LogP contribution in [-0.4, -0.2) is 11.9 Å². The summed E-state index contributed by atoms with van der Waals surface area (Å²) in [7, 11) is 0. The van der Waals surface area contributed by atoms with Crippen LogP contribution in [0, 0.1) is 6.92 Å². The first-order valence-electron chi connectivity index (χ1n) is 8.66. The molecule has 0 atom stereocenters. The molecule has 0 aliphatic heterocycles. The van der Waals surface area contributed by atoms with Crippen molar-refractivity contribution in [1.29, 1.82) is 0 Å². The molecule has 4 heteroatoms. The predicted molar refractivity (Wildman–Crippen MR) is 102 cm³/mol. The lowest BCUT2D eigenvalue weighted by Gasteiger charge is -2.12. The van der Waals surface area contributed by atoms with E-state index in [0.29, 0.717) is 11.1 Å². The third kappa shape index (κ3) is 5.05. The Morgan fingerprint density at radius 2 is 1.15 bits per heavy atom. The lowest BCUT2D eigenvalue weighted by molar-refractivity contribution is 0.0435. The first-order chi connectivity index (χ1) is 13.1. The van der Waals surface area contributed by atoms with Crippen molar-refractivity contribution in [3.8, 4) is 0 Å².